The Morgan fingerprint density at radius 1 is 0.722 bits per heavy atom. The van der Waals surface area contributed by atoms with E-state index in [2.05, 4.69) is 19.6 Å². The lowest BCUT2D eigenvalue weighted by atomic mass is 10.1. The van der Waals surface area contributed by atoms with Crippen molar-refractivity contribution in [1.29, 1.82) is 0 Å². The summed E-state index contributed by atoms with van der Waals surface area (Å²) in [6.45, 7) is 29.5. The molecule has 0 N–H and O–H groups in total. The molecule has 2 fully saturated rings. The zero-order chi connectivity index (χ0) is 28.4. The summed E-state index contributed by atoms with van der Waals surface area (Å²) in [6.07, 6.45) is -1.56. The highest BCUT2D eigenvalue weighted by Gasteiger charge is 2.85. The van der Waals surface area contributed by atoms with Crippen LogP contribution in [0.1, 0.15) is 0 Å². The average molecular weight is 617 g/mol. The van der Waals surface area contributed by atoms with E-state index in [1.54, 1.807) is 0 Å². The normalized spacial score (nSPS) is 30.5. The maximum Gasteiger partial charge on any atom is 0.359 e. The van der Waals surface area contributed by atoms with E-state index < -0.39 is 78.5 Å². The van der Waals surface area contributed by atoms with Crippen molar-refractivity contribution < 1.29 is 40.5 Å². The van der Waals surface area contributed by atoms with Crippen LogP contribution in [0.5, 0.6) is 0 Å². The largest absolute Gasteiger partial charge is 0.451 e. The lowest BCUT2D eigenvalue weighted by Crippen LogP contribution is -2.67. The Morgan fingerprint density at radius 3 is 1.53 bits per heavy atom. The van der Waals surface area contributed by atoms with Crippen LogP contribution in [0.2, 0.25) is 98.2 Å². The van der Waals surface area contributed by atoms with Crippen LogP contribution in [0.4, 0.5) is 0 Å². The van der Waals surface area contributed by atoms with Crippen LogP contribution < -0.4 is 0 Å². The van der Waals surface area contributed by atoms with Gasteiger partial charge in [-0.15, -0.1) is 0 Å². The second-order valence-corrected chi connectivity index (χ2v) is 39.4. The number of hydrogen-bond acceptors (Lipinski definition) is 9. The summed E-state index contributed by atoms with van der Waals surface area (Å²) >= 11 is 0. The molecule has 0 bridgehead atoms. The molecule has 2 saturated heterocycles. The van der Waals surface area contributed by atoms with Crippen LogP contribution in [0, 0.1) is 0 Å². The Morgan fingerprint density at radius 2 is 1.17 bits per heavy atom. The Bertz CT molecular complexity index is 865. The van der Waals surface area contributed by atoms with Crippen molar-refractivity contribution in [1.82, 2.24) is 0 Å². The molecule has 36 heavy (non-hydrogen) atoms. The molecule has 2 aliphatic rings. The summed E-state index contributed by atoms with van der Waals surface area (Å²) in [7, 11) is -16.7. The fourth-order valence-corrected chi connectivity index (χ4v) is 17.3. The second-order valence-electron chi connectivity index (χ2n) is 14.6. The Balaban J connectivity index is 2.95. The number of hydrogen-bond donors (Lipinski definition) is 0. The molecule has 2 heterocycles. The van der Waals surface area contributed by atoms with E-state index in [0.717, 1.165) is 0 Å². The van der Waals surface area contributed by atoms with Crippen molar-refractivity contribution in [2.75, 3.05) is 6.61 Å². The minimum atomic E-state index is -4.40. The van der Waals surface area contributed by atoms with Crippen LogP contribution in [0.15, 0.2) is 0 Å². The van der Waals surface area contributed by atoms with Gasteiger partial charge in [0.15, 0.2) is 47.7 Å². The predicted octanol–water partition coefficient (Wildman–Crippen LogP) is 6.15. The van der Waals surface area contributed by atoms with Gasteiger partial charge in [-0.3, -0.25) is 4.57 Å². The van der Waals surface area contributed by atoms with Crippen molar-refractivity contribution in [3.8, 4) is 0 Å². The zero-order valence-electron chi connectivity index (χ0n) is 25.0. The van der Waals surface area contributed by atoms with Crippen LogP contribution in [0.25, 0.3) is 0 Å². The molecule has 0 saturated carbocycles. The molecule has 0 unspecified atom stereocenters. The second kappa shape index (κ2) is 9.87. The van der Waals surface area contributed by atoms with Gasteiger partial charge < -0.3 is 31.2 Å². The fraction of sp³-hybridized carbons (Fsp3) is 0.952. The molecule has 2 aliphatic heterocycles. The smallest absolute Gasteiger partial charge is 0.359 e. The molecule has 4 atom stereocenters. The summed E-state index contributed by atoms with van der Waals surface area (Å²) in [5.74, 6) is -2.65. The summed E-state index contributed by atoms with van der Waals surface area (Å²) in [5.41, 5.74) is 0. The zero-order valence-corrected chi connectivity index (χ0v) is 30.9. The fourth-order valence-electron chi connectivity index (χ4n) is 4.35. The quantitative estimate of drug-likeness (QED) is 0.154. The monoisotopic (exact) mass is 616 g/mol. The van der Waals surface area contributed by atoms with E-state index in [9.17, 15) is 4.79 Å². The third-order valence-electron chi connectivity index (χ3n) is 4.75. The molecule has 0 aromatic rings. The van der Waals surface area contributed by atoms with Gasteiger partial charge in [-0.2, -0.15) is 0 Å². The third-order valence-corrected chi connectivity index (χ3v) is 15.4. The molecular formula is C21H49O9PSi5. The number of esters is 1. The number of carbonyl (C=O) groups excluding carboxylic acids is 1. The molecule has 2 rings (SSSR count). The molecule has 0 radical (unpaired) electrons. The van der Waals surface area contributed by atoms with Gasteiger partial charge in [-0.1, -0.05) is 0 Å². The lowest BCUT2D eigenvalue weighted by Gasteiger charge is -2.49. The summed E-state index contributed by atoms with van der Waals surface area (Å²) in [5, 5.41) is -2.23. The van der Waals surface area contributed by atoms with Crippen molar-refractivity contribution in [3.05, 3.63) is 0 Å². The van der Waals surface area contributed by atoms with Crippen LogP contribution in [-0.4, -0.2) is 77.5 Å². The van der Waals surface area contributed by atoms with E-state index in [1.807, 2.05) is 78.6 Å². The first-order valence-corrected chi connectivity index (χ1v) is 31.2. The van der Waals surface area contributed by atoms with Gasteiger partial charge in [0.2, 0.25) is 0 Å². The molecule has 0 aromatic heterocycles. The first-order chi connectivity index (χ1) is 15.7. The molecular weight excluding hydrogens is 568 g/mol. The highest BCUT2D eigenvalue weighted by atomic mass is 31.2. The van der Waals surface area contributed by atoms with Gasteiger partial charge in [0.1, 0.15) is 6.10 Å². The van der Waals surface area contributed by atoms with Crippen LogP contribution >= 0.6 is 7.60 Å². The van der Waals surface area contributed by atoms with Crippen LogP contribution in [0.3, 0.4) is 0 Å². The van der Waals surface area contributed by atoms with Crippen molar-refractivity contribution in [2.45, 2.75) is 122 Å². The standard InChI is InChI=1S/C21H49O9PSi5/c1-32(2,3)26-17-16-24-20(27-33(4,5)6)18(17)25-19(22)21(20,28-34(7,8)9)31(23,29-35(10,11)12)30-36(13,14)15/h17-18H,16H2,1-15H3/t17-,18+,20+,21-/m0/s1. The van der Waals surface area contributed by atoms with Gasteiger partial charge in [-0.05, 0) is 98.2 Å². The Labute approximate surface area is 223 Å². The van der Waals surface area contributed by atoms with E-state index in [4.69, 9.17) is 31.2 Å². The number of carbonyl (C=O) groups is 1. The molecule has 0 amide bonds. The molecule has 0 spiro atoms. The van der Waals surface area contributed by atoms with Gasteiger partial charge in [0, 0.05) is 0 Å². The van der Waals surface area contributed by atoms with Gasteiger partial charge in [0.05, 0.1) is 6.61 Å². The molecule has 0 aliphatic carbocycles. The number of ether oxygens (including phenoxy) is 2. The number of rotatable bonds is 11. The average Bonchev–Trinajstić information content (AvgIpc) is 2.94. The van der Waals surface area contributed by atoms with E-state index in [1.165, 1.54) is 0 Å². The minimum absolute atomic E-state index is 0.114. The summed E-state index contributed by atoms with van der Waals surface area (Å²) in [6, 6.07) is 0. The SMILES string of the molecule is C[Si](C)(C)O[C@H]1CO[C@@]2(O[Si](C)(C)C)[C@@H]1OC(=O)[C@]2(O[Si](C)(C)C)P(=O)(O[Si](C)(C)C)O[Si](C)(C)C. The first-order valence-electron chi connectivity index (χ1n) is 12.6. The van der Waals surface area contributed by atoms with Crippen molar-refractivity contribution in [3.63, 3.8) is 0 Å². The van der Waals surface area contributed by atoms with Crippen molar-refractivity contribution >= 4 is 55.2 Å². The summed E-state index contributed by atoms with van der Waals surface area (Å²) < 4.78 is 60.6. The van der Waals surface area contributed by atoms with Gasteiger partial charge in [0.25, 0.3) is 5.79 Å². The minimum Gasteiger partial charge on any atom is -0.451 e. The third kappa shape index (κ3) is 7.19. The first kappa shape index (κ1) is 32.8. The van der Waals surface area contributed by atoms with Crippen molar-refractivity contribution in [2.24, 2.45) is 0 Å². The van der Waals surface area contributed by atoms with Crippen LogP contribution in [-0.2, 0) is 40.5 Å². The lowest BCUT2D eigenvalue weighted by molar-refractivity contribution is -0.224. The maximum atomic E-state index is 15.3. The van der Waals surface area contributed by atoms with E-state index in [0.29, 0.717) is 0 Å². The molecule has 0 aromatic carbocycles. The topological polar surface area (TPSA) is 98.8 Å². The van der Waals surface area contributed by atoms with Gasteiger partial charge in [-0.25, -0.2) is 4.79 Å². The molecule has 9 nitrogen and oxygen atoms in total. The van der Waals surface area contributed by atoms with E-state index in [-0.39, 0.29) is 6.61 Å². The predicted molar refractivity (Wildman–Crippen MR) is 155 cm³/mol. The number of fused-ring (bicyclic) bond motifs is 1. The highest BCUT2D eigenvalue weighted by Crippen LogP contribution is 2.73. The molecule has 212 valence electrons. The highest BCUT2D eigenvalue weighted by molar-refractivity contribution is 7.60. The Kier molecular flexibility index (Phi) is 8.98. The maximum absolute atomic E-state index is 15.3. The van der Waals surface area contributed by atoms with E-state index >= 15 is 4.57 Å². The molecule has 15 heteroatoms. The Hall–Kier alpha value is 0.544. The van der Waals surface area contributed by atoms with Gasteiger partial charge >= 0.3 is 18.9 Å². The summed E-state index contributed by atoms with van der Waals surface area (Å²) in [4.78, 5) is 14.2.